The molecule has 0 N–H and O–H groups in total. The molecule has 3 spiro atoms. The maximum atomic E-state index is 2.82. The first-order valence-corrected chi connectivity index (χ1v) is 38.4. The first-order valence-electron chi connectivity index (χ1n) is 38.4. The van der Waals surface area contributed by atoms with E-state index < -0.39 is 16.2 Å². The van der Waals surface area contributed by atoms with Gasteiger partial charge in [-0.1, -0.05) is 322 Å². The van der Waals surface area contributed by atoms with E-state index in [1.54, 1.807) is 0 Å². The molecule has 0 saturated carbocycles. The molecule has 17 aromatic carbocycles. The average molecular weight is 1380 g/mol. The predicted octanol–water partition coefficient (Wildman–Crippen LogP) is 23.6. The molecule has 3 heterocycles. The van der Waals surface area contributed by atoms with Crippen molar-refractivity contribution < 1.29 is 0 Å². The predicted molar refractivity (Wildman–Crippen MR) is 449 cm³/mol. The lowest BCUT2D eigenvalue weighted by Gasteiger charge is -2.47. The van der Waals surface area contributed by atoms with Gasteiger partial charge in [-0.25, -0.2) is 0 Å². The van der Waals surface area contributed by atoms with E-state index in [0.29, 0.717) is 0 Å². The Kier molecular flexibility index (Phi) is 11.2. The Morgan fingerprint density at radius 2 is 0.578 bits per heavy atom. The first-order chi connectivity index (χ1) is 54.1. The van der Waals surface area contributed by atoms with Crippen LogP contribution in [0.4, 0.5) is 34.1 Å². The summed E-state index contributed by atoms with van der Waals surface area (Å²) in [5, 5.41) is 2.44. The van der Waals surface area contributed by atoms with Crippen LogP contribution in [0.5, 0.6) is 0 Å². The first kappa shape index (κ1) is 58.5. The van der Waals surface area contributed by atoms with Crippen molar-refractivity contribution >= 4 is 79.0 Å². The second-order valence-corrected chi connectivity index (χ2v) is 31.0. The molecule has 6 aliphatic carbocycles. The summed E-state index contributed by atoms with van der Waals surface area (Å²) < 4.78 is 2.57. The smallest absolute Gasteiger partial charge is 0.252 e. The molecule has 26 rings (SSSR count). The highest BCUT2D eigenvalue weighted by atomic mass is 15.2. The molecular formula is C105H62BN3. The Balaban J connectivity index is 0.876. The summed E-state index contributed by atoms with van der Waals surface area (Å²) in [6.45, 7) is -0.354. The van der Waals surface area contributed by atoms with Gasteiger partial charge in [0.05, 0.1) is 38.7 Å². The van der Waals surface area contributed by atoms with Crippen LogP contribution < -0.4 is 26.2 Å². The van der Waals surface area contributed by atoms with Crippen molar-refractivity contribution in [1.82, 2.24) is 4.57 Å². The number of para-hydroxylation sites is 2. The summed E-state index contributed by atoms with van der Waals surface area (Å²) >= 11 is 0. The molecule has 500 valence electrons. The number of hydrogen-bond acceptors (Lipinski definition) is 2. The van der Waals surface area contributed by atoms with E-state index in [1.165, 1.54) is 183 Å². The topological polar surface area (TPSA) is 11.4 Å². The molecule has 0 atom stereocenters. The highest BCUT2D eigenvalue weighted by molar-refractivity contribution is 7.01. The minimum Gasteiger partial charge on any atom is -0.311 e. The van der Waals surface area contributed by atoms with Gasteiger partial charge in [-0.05, 0) is 210 Å². The number of fused-ring (bicyclic) bond motifs is 38. The Hall–Kier alpha value is -13.8. The van der Waals surface area contributed by atoms with E-state index in [9.17, 15) is 0 Å². The van der Waals surface area contributed by atoms with Gasteiger partial charge in [-0.2, -0.15) is 0 Å². The third-order valence-electron chi connectivity index (χ3n) is 26.6. The van der Waals surface area contributed by atoms with Gasteiger partial charge in [0.15, 0.2) is 0 Å². The van der Waals surface area contributed by atoms with Crippen molar-refractivity contribution in [2.24, 2.45) is 0 Å². The molecule has 3 nitrogen and oxygen atoms in total. The van der Waals surface area contributed by atoms with Crippen molar-refractivity contribution in [3.05, 3.63) is 443 Å². The molecule has 1 aromatic heterocycles. The third kappa shape index (κ3) is 6.92. The van der Waals surface area contributed by atoms with E-state index in [1.807, 2.05) is 0 Å². The van der Waals surface area contributed by atoms with Crippen LogP contribution in [0.3, 0.4) is 0 Å². The number of hydrogen-bond donors (Lipinski definition) is 0. The van der Waals surface area contributed by atoms with Crippen molar-refractivity contribution in [2.75, 3.05) is 9.80 Å². The van der Waals surface area contributed by atoms with Gasteiger partial charge in [-0.15, -0.1) is 0 Å². The van der Waals surface area contributed by atoms with Crippen LogP contribution in [0, 0.1) is 0 Å². The molecule has 0 unspecified atom stereocenters. The van der Waals surface area contributed by atoms with Gasteiger partial charge in [-0.3, -0.25) is 0 Å². The van der Waals surface area contributed by atoms with Gasteiger partial charge in [0.1, 0.15) is 0 Å². The fourth-order valence-electron chi connectivity index (χ4n) is 22.9. The second kappa shape index (κ2) is 20.8. The van der Waals surface area contributed by atoms with E-state index in [4.69, 9.17) is 0 Å². The molecule has 18 aromatic rings. The van der Waals surface area contributed by atoms with Gasteiger partial charge < -0.3 is 14.4 Å². The zero-order chi connectivity index (χ0) is 70.7. The molecule has 0 radical (unpaired) electrons. The lowest BCUT2D eigenvalue weighted by molar-refractivity contribution is 0.792. The summed E-state index contributed by atoms with van der Waals surface area (Å²) in [6, 6.07) is 146. The van der Waals surface area contributed by atoms with Gasteiger partial charge in [0.2, 0.25) is 0 Å². The van der Waals surface area contributed by atoms with Crippen molar-refractivity contribution in [3.8, 4) is 83.6 Å². The van der Waals surface area contributed by atoms with Crippen LogP contribution in [-0.4, -0.2) is 11.3 Å². The average Bonchev–Trinajstić information content (AvgIpc) is 1.62. The lowest BCUT2D eigenvalue weighted by Crippen LogP contribution is -2.63. The fraction of sp³-hybridized carbons (Fsp3) is 0.0286. The molecule has 109 heavy (non-hydrogen) atoms. The van der Waals surface area contributed by atoms with Crippen LogP contribution >= 0.6 is 0 Å². The highest BCUT2D eigenvalue weighted by Crippen LogP contribution is 2.69. The number of aromatic nitrogens is 1. The quantitative estimate of drug-likeness (QED) is 0.163. The van der Waals surface area contributed by atoms with Crippen molar-refractivity contribution in [3.63, 3.8) is 0 Å². The molecule has 8 aliphatic rings. The lowest BCUT2D eigenvalue weighted by atomic mass is 9.31. The standard InChI is InChI=1S/C105H62BN3/c1-2-27-63(28-3-1)64-53-55-65(56-54-64)107-96-61-80-75-37-12-17-43-83(75)103(81-41-15-4-29-67(81)68-30-5-16-42-82(68)103)90(80)62-91(96)106-101-97(107)59-66(108-92-50-24-13-38-76(92)77-39-14-25-51-93(77)108)60-98(101)109(94-52-26-40-78-73-35-10-22-48-88(73)104(99(78)94)84-44-18-6-31-69(84)70-32-7-19-45-85(70)104)95-58-57-79-74-36-11-23-49-89(74)105(100(79)102(95)106)86-46-20-8-33-71(86)72-34-9-21-47-87(72)105/h1-62H. The van der Waals surface area contributed by atoms with E-state index in [0.717, 1.165) is 39.5 Å². The molecular weight excluding hydrogens is 1310 g/mol. The number of anilines is 6. The van der Waals surface area contributed by atoms with Crippen molar-refractivity contribution in [1.29, 1.82) is 0 Å². The summed E-state index contributed by atoms with van der Waals surface area (Å²) in [5.41, 5.74) is 45.6. The molecule has 0 bridgehead atoms. The molecule has 0 saturated heterocycles. The zero-order valence-corrected chi connectivity index (χ0v) is 59.2. The Morgan fingerprint density at radius 3 is 1.06 bits per heavy atom. The monoisotopic (exact) mass is 1380 g/mol. The van der Waals surface area contributed by atoms with E-state index in [-0.39, 0.29) is 6.71 Å². The SMILES string of the molecule is c1ccc(-c2ccc(N3c4cc5c(cc4B4c6c3cc(-n3c7ccccc7c7ccccc73)cc6N(c3cccc6c3C3(c7ccccc7-c7ccccc73)c3ccccc3-6)c3ccc6c(c34)C3(c4ccccc4-c4ccccc43)c3ccccc3-6)C3(c4ccccc4-c4ccccc43)c3ccccc3-5)cc2)cc1. The molecule has 0 amide bonds. The minimum absolute atomic E-state index is 0.354. The van der Waals surface area contributed by atoms with Crippen LogP contribution in [0.15, 0.2) is 376 Å². The largest absolute Gasteiger partial charge is 0.311 e. The van der Waals surface area contributed by atoms with Crippen LogP contribution in [0.2, 0.25) is 0 Å². The van der Waals surface area contributed by atoms with E-state index >= 15 is 0 Å². The number of rotatable bonds is 4. The molecule has 0 fully saturated rings. The van der Waals surface area contributed by atoms with Crippen molar-refractivity contribution in [2.45, 2.75) is 16.2 Å². The summed E-state index contributed by atoms with van der Waals surface area (Å²) in [6.07, 6.45) is 0. The van der Waals surface area contributed by atoms with Crippen LogP contribution in [-0.2, 0) is 16.2 Å². The number of nitrogens with zero attached hydrogens (tertiary/aromatic N) is 3. The van der Waals surface area contributed by atoms with Crippen LogP contribution in [0.25, 0.3) is 105 Å². The zero-order valence-electron chi connectivity index (χ0n) is 59.2. The number of benzene rings is 17. The van der Waals surface area contributed by atoms with E-state index in [2.05, 4.69) is 390 Å². The normalized spacial score (nSPS) is 15.0. The highest BCUT2D eigenvalue weighted by Gasteiger charge is 2.60. The Bertz CT molecular complexity index is 6930. The van der Waals surface area contributed by atoms with Crippen LogP contribution in [0.1, 0.15) is 66.8 Å². The maximum absolute atomic E-state index is 2.82. The summed E-state index contributed by atoms with van der Waals surface area (Å²) in [7, 11) is 0. The molecule has 4 heteroatoms. The minimum atomic E-state index is -0.738. The Morgan fingerprint density at radius 1 is 0.202 bits per heavy atom. The van der Waals surface area contributed by atoms with Gasteiger partial charge in [0, 0.05) is 44.8 Å². The van der Waals surface area contributed by atoms with Gasteiger partial charge >= 0.3 is 0 Å². The third-order valence-corrected chi connectivity index (χ3v) is 26.6. The second-order valence-electron chi connectivity index (χ2n) is 31.0. The van der Waals surface area contributed by atoms with Gasteiger partial charge in [0.25, 0.3) is 6.71 Å². The molecule has 2 aliphatic heterocycles. The maximum Gasteiger partial charge on any atom is 0.252 e. The fourth-order valence-corrected chi connectivity index (χ4v) is 22.9. The summed E-state index contributed by atoms with van der Waals surface area (Å²) in [5.74, 6) is 0. The Labute approximate surface area is 631 Å². The summed E-state index contributed by atoms with van der Waals surface area (Å²) in [4.78, 5) is 5.52.